The maximum atomic E-state index is 12.5. The number of benzene rings is 1. The topological polar surface area (TPSA) is 95.2 Å². The summed E-state index contributed by atoms with van der Waals surface area (Å²) < 4.78 is 7.65. The highest BCUT2D eigenvalue weighted by atomic mass is 16.5. The average Bonchev–Trinajstić information content (AvgIpc) is 2.66. The lowest BCUT2D eigenvalue weighted by Crippen LogP contribution is -2.37. The van der Waals surface area contributed by atoms with E-state index in [1.54, 1.807) is 18.2 Å². The van der Waals surface area contributed by atoms with Crippen LogP contribution in [0.1, 0.15) is 12.5 Å². The Morgan fingerprint density at radius 3 is 2.48 bits per heavy atom. The van der Waals surface area contributed by atoms with Crippen molar-refractivity contribution in [3.63, 3.8) is 0 Å². The molecule has 0 aliphatic heterocycles. The first-order valence-electron chi connectivity index (χ1n) is 8.48. The molecule has 0 aliphatic carbocycles. The molecule has 8 nitrogen and oxygen atoms in total. The summed E-state index contributed by atoms with van der Waals surface area (Å²) in [7, 11) is 2.92. The van der Waals surface area contributed by atoms with Gasteiger partial charge in [0.15, 0.2) is 5.65 Å². The summed E-state index contributed by atoms with van der Waals surface area (Å²) in [6, 6.07) is 8.79. The van der Waals surface area contributed by atoms with Gasteiger partial charge in [0.1, 0.15) is 11.1 Å². The van der Waals surface area contributed by atoms with E-state index >= 15 is 0 Å². The number of carbonyl (C=O) groups is 1. The zero-order valence-electron chi connectivity index (χ0n) is 15.4. The van der Waals surface area contributed by atoms with E-state index in [-0.39, 0.29) is 23.4 Å². The van der Waals surface area contributed by atoms with Crippen molar-refractivity contribution in [2.45, 2.75) is 13.3 Å². The maximum absolute atomic E-state index is 12.5. The molecule has 1 N–H and O–H groups in total. The van der Waals surface area contributed by atoms with Crippen molar-refractivity contribution in [1.82, 2.24) is 14.1 Å². The van der Waals surface area contributed by atoms with Gasteiger partial charge in [-0.3, -0.25) is 18.7 Å². The minimum atomic E-state index is -0.502. The molecule has 2 aromatic heterocycles. The molecule has 8 heteroatoms. The van der Waals surface area contributed by atoms with Gasteiger partial charge in [0.25, 0.3) is 5.56 Å². The normalized spacial score (nSPS) is 10.8. The third-order valence-corrected chi connectivity index (χ3v) is 4.21. The fraction of sp³-hybridized carbons (Fsp3) is 0.263. The number of ether oxygens (including phenoxy) is 1. The molecule has 0 saturated heterocycles. The molecule has 0 saturated carbocycles. The molecule has 27 heavy (non-hydrogen) atoms. The van der Waals surface area contributed by atoms with Gasteiger partial charge in [-0.2, -0.15) is 0 Å². The summed E-state index contributed by atoms with van der Waals surface area (Å²) >= 11 is 0. The van der Waals surface area contributed by atoms with Crippen LogP contribution in [0.25, 0.3) is 11.0 Å². The van der Waals surface area contributed by atoms with Crippen molar-refractivity contribution in [2.24, 2.45) is 14.1 Å². The van der Waals surface area contributed by atoms with Gasteiger partial charge in [0.05, 0.1) is 18.7 Å². The zero-order valence-corrected chi connectivity index (χ0v) is 15.4. The van der Waals surface area contributed by atoms with Crippen molar-refractivity contribution in [1.29, 1.82) is 0 Å². The van der Waals surface area contributed by atoms with Crippen LogP contribution in [0.4, 0.5) is 5.69 Å². The highest BCUT2D eigenvalue weighted by molar-refractivity contribution is 6.00. The average molecular weight is 368 g/mol. The number of nitrogens with zero attached hydrogens (tertiary/aromatic N) is 3. The Morgan fingerprint density at radius 1 is 1.11 bits per heavy atom. The second kappa shape index (κ2) is 7.45. The van der Waals surface area contributed by atoms with Crippen molar-refractivity contribution in [3.05, 3.63) is 62.9 Å². The minimum Gasteiger partial charge on any atom is -0.494 e. The fourth-order valence-electron chi connectivity index (χ4n) is 2.84. The van der Waals surface area contributed by atoms with Gasteiger partial charge in [-0.15, -0.1) is 0 Å². The SMILES string of the molecule is CCOc1ccc(CC(=O)Nc2ccnc3c2c(=O)n(C)c(=O)n3C)cc1. The van der Waals surface area contributed by atoms with E-state index in [0.29, 0.717) is 12.3 Å². The summed E-state index contributed by atoms with van der Waals surface area (Å²) in [6.07, 6.45) is 1.59. The highest BCUT2D eigenvalue weighted by Gasteiger charge is 2.15. The number of carbonyl (C=O) groups excluding carboxylic acids is 1. The molecule has 140 valence electrons. The van der Waals surface area contributed by atoms with Gasteiger partial charge in [-0.05, 0) is 30.7 Å². The van der Waals surface area contributed by atoms with Crippen molar-refractivity contribution in [3.8, 4) is 5.75 Å². The molecule has 0 radical (unpaired) electrons. The number of rotatable bonds is 5. The monoisotopic (exact) mass is 368 g/mol. The van der Waals surface area contributed by atoms with Gasteiger partial charge in [0.2, 0.25) is 5.91 Å². The number of aryl methyl sites for hydroxylation is 1. The molecule has 1 amide bonds. The lowest BCUT2D eigenvalue weighted by Gasteiger charge is -2.11. The molecule has 3 rings (SSSR count). The van der Waals surface area contributed by atoms with E-state index in [2.05, 4.69) is 10.3 Å². The van der Waals surface area contributed by atoms with Crippen LogP contribution < -0.4 is 21.3 Å². The molecular formula is C19H20N4O4. The lowest BCUT2D eigenvalue weighted by atomic mass is 10.1. The molecule has 0 atom stereocenters. The van der Waals surface area contributed by atoms with E-state index < -0.39 is 11.2 Å². The molecular weight excluding hydrogens is 348 g/mol. The first-order valence-corrected chi connectivity index (χ1v) is 8.48. The number of hydrogen-bond donors (Lipinski definition) is 1. The van der Waals surface area contributed by atoms with E-state index in [1.165, 1.54) is 24.9 Å². The van der Waals surface area contributed by atoms with E-state index in [4.69, 9.17) is 4.74 Å². The number of fused-ring (bicyclic) bond motifs is 1. The van der Waals surface area contributed by atoms with Crippen LogP contribution in [0.15, 0.2) is 46.1 Å². The van der Waals surface area contributed by atoms with Gasteiger partial charge < -0.3 is 10.1 Å². The third kappa shape index (κ3) is 3.59. The van der Waals surface area contributed by atoms with Gasteiger partial charge in [0, 0.05) is 20.3 Å². The second-order valence-corrected chi connectivity index (χ2v) is 6.06. The summed E-state index contributed by atoms with van der Waals surface area (Å²) in [5.41, 5.74) is 0.388. The molecule has 2 heterocycles. The Balaban J connectivity index is 1.89. The van der Waals surface area contributed by atoms with Crippen LogP contribution in [0.2, 0.25) is 0 Å². The smallest absolute Gasteiger partial charge is 0.332 e. The Hall–Kier alpha value is -3.42. The first kappa shape index (κ1) is 18.4. The number of aromatic nitrogens is 3. The number of pyridine rings is 1. The second-order valence-electron chi connectivity index (χ2n) is 6.06. The zero-order chi connectivity index (χ0) is 19.6. The Labute approximate surface area is 155 Å². The summed E-state index contributed by atoms with van der Waals surface area (Å²) in [5.74, 6) is 0.466. The summed E-state index contributed by atoms with van der Waals surface area (Å²) in [4.78, 5) is 41.1. The number of nitrogens with one attached hydrogen (secondary N) is 1. The van der Waals surface area contributed by atoms with Crippen LogP contribution in [-0.4, -0.2) is 26.6 Å². The quantitative estimate of drug-likeness (QED) is 0.730. The van der Waals surface area contributed by atoms with Crippen molar-refractivity contribution < 1.29 is 9.53 Å². The molecule has 1 aromatic carbocycles. The number of anilines is 1. The summed E-state index contributed by atoms with van der Waals surface area (Å²) in [5, 5.41) is 2.95. The van der Waals surface area contributed by atoms with Crippen LogP contribution in [-0.2, 0) is 25.3 Å². The standard InChI is InChI=1S/C19H20N4O4/c1-4-27-13-7-5-12(6-8-13)11-15(24)21-14-9-10-20-17-16(14)18(25)23(3)19(26)22(17)2/h5-10H,4,11H2,1-3H3,(H,20,21,24). The molecule has 3 aromatic rings. The van der Waals surface area contributed by atoms with E-state index in [0.717, 1.165) is 15.9 Å². The Bertz CT molecular complexity index is 1110. The predicted molar refractivity (Wildman–Crippen MR) is 102 cm³/mol. The summed E-state index contributed by atoms with van der Waals surface area (Å²) in [6.45, 7) is 2.48. The highest BCUT2D eigenvalue weighted by Crippen LogP contribution is 2.17. The van der Waals surface area contributed by atoms with E-state index in [1.807, 2.05) is 19.1 Å². The van der Waals surface area contributed by atoms with Crippen LogP contribution >= 0.6 is 0 Å². The first-order chi connectivity index (χ1) is 12.9. The molecule has 0 aliphatic rings. The molecule has 0 unspecified atom stereocenters. The largest absolute Gasteiger partial charge is 0.494 e. The predicted octanol–water partition coefficient (Wildman–Crippen LogP) is 1.21. The van der Waals surface area contributed by atoms with Crippen LogP contribution in [0, 0.1) is 0 Å². The van der Waals surface area contributed by atoms with Gasteiger partial charge in [-0.25, -0.2) is 9.78 Å². The van der Waals surface area contributed by atoms with E-state index in [9.17, 15) is 14.4 Å². The minimum absolute atomic E-state index is 0.141. The molecule has 0 fully saturated rings. The molecule has 0 bridgehead atoms. The van der Waals surface area contributed by atoms with Crippen LogP contribution in [0.3, 0.4) is 0 Å². The molecule has 0 spiro atoms. The van der Waals surface area contributed by atoms with Crippen LogP contribution in [0.5, 0.6) is 5.75 Å². The van der Waals surface area contributed by atoms with Crippen molar-refractivity contribution in [2.75, 3.05) is 11.9 Å². The van der Waals surface area contributed by atoms with Gasteiger partial charge in [-0.1, -0.05) is 12.1 Å². The fourth-order valence-corrected chi connectivity index (χ4v) is 2.84. The Morgan fingerprint density at radius 2 is 1.81 bits per heavy atom. The third-order valence-electron chi connectivity index (χ3n) is 4.21. The van der Waals surface area contributed by atoms with Gasteiger partial charge >= 0.3 is 5.69 Å². The van der Waals surface area contributed by atoms with Crippen molar-refractivity contribution >= 4 is 22.6 Å². The number of amides is 1. The lowest BCUT2D eigenvalue weighted by molar-refractivity contribution is -0.115. The number of hydrogen-bond acceptors (Lipinski definition) is 5. The Kier molecular flexibility index (Phi) is 5.07. The maximum Gasteiger partial charge on any atom is 0.332 e.